The highest BCUT2D eigenvalue weighted by Crippen LogP contribution is 2.20. The monoisotopic (exact) mass is 304 g/mol. The highest BCUT2D eigenvalue weighted by atomic mass is 15.0. The molecule has 0 aromatic carbocycles. The van der Waals surface area contributed by atoms with Gasteiger partial charge in [-0.1, -0.05) is 0 Å². The van der Waals surface area contributed by atoms with Crippen LogP contribution in [0.2, 0.25) is 0 Å². The van der Waals surface area contributed by atoms with Crippen LogP contribution >= 0.6 is 0 Å². The predicted octanol–water partition coefficient (Wildman–Crippen LogP) is 2.71. The van der Waals surface area contributed by atoms with Crippen LogP contribution in [0.3, 0.4) is 0 Å². The van der Waals surface area contributed by atoms with Crippen molar-refractivity contribution in [2.45, 2.75) is 13.0 Å². The Hall–Kier alpha value is -3.20. The second kappa shape index (κ2) is 7.18. The summed E-state index contributed by atoms with van der Waals surface area (Å²) in [5.41, 5.74) is 2.35. The maximum atomic E-state index is 9.23. The molecule has 0 aliphatic carbocycles. The zero-order valence-corrected chi connectivity index (χ0v) is 12.6. The zero-order chi connectivity index (χ0) is 15.9. The van der Waals surface area contributed by atoms with Crippen LogP contribution in [0.5, 0.6) is 0 Å². The second-order valence-corrected chi connectivity index (χ2v) is 5.02. The molecule has 0 aliphatic heterocycles. The fourth-order valence-corrected chi connectivity index (χ4v) is 2.25. The minimum Gasteiger partial charge on any atom is -0.369 e. The quantitative estimate of drug-likeness (QED) is 0.708. The van der Waals surface area contributed by atoms with Crippen molar-refractivity contribution in [1.82, 2.24) is 19.5 Å². The van der Waals surface area contributed by atoms with Gasteiger partial charge >= 0.3 is 0 Å². The van der Waals surface area contributed by atoms with Crippen molar-refractivity contribution in [3.05, 3.63) is 60.9 Å². The highest BCUT2D eigenvalue weighted by Gasteiger charge is 2.06. The van der Waals surface area contributed by atoms with Crippen molar-refractivity contribution in [3.8, 4) is 17.3 Å². The third kappa shape index (κ3) is 3.71. The van der Waals surface area contributed by atoms with E-state index in [1.165, 1.54) is 0 Å². The molecule has 3 aromatic rings. The van der Waals surface area contributed by atoms with E-state index in [1.54, 1.807) is 31.0 Å². The Morgan fingerprint density at radius 1 is 1.09 bits per heavy atom. The molecule has 0 amide bonds. The first kappa shape index (κ1) is 14.7. The van der Waals surface area contributed by atoms with Gasteiger partial charge < -0.3 is 9.88 Å². The number of aryl methyl sites for hydroxylation is 1. The van der Waals surface area contributed by atoms with Crippen molar-refractivity contribution in [2.75, 3.05) is 11.9 Å². The van der Waals surface area contributed by atoms with Crippen molar-refractivity contribution in [3.63, 3.8) is 0 Å². The summed E-state index contributed by atoms with van der Waals surface area (Å²) in [6, 6.07) is 9.62. The summed E-state index contributed by atoms with van der Waals surface area (Å²) in [6.45, 7) is 1.61. The van der Waals surface area contributed by atoms with E-state index in [1.807, 2.05) is 29.0 Å². The average molecular weight is 304 g/mol. The SMILES string of the molecule is N#Cc1ccc(-c2ccncc2)nc1NCCCn1ccnc1. The normalized spacial score (nSPS) is 10.2. The third-order valence-corrected chi connectivity index (χ3v) is 3.44. The van der Waals surface area contributed by atoms with Crippen molar-refractivity contribution in [2.24, 2.45) is 0 Å². The number of imidazole rings is 1. The number of hydrogen-bond acceptors (Lipinski definition) is 5. The van der Waals surface area contributed by atoms with Crippen LogP contribution < -0.4 is 5.32 Å². The number of nitrogens with one attached hydrogen (secondary N) is 1. The summed E-state index contributed by atoms with van der Waals surface area (Å²) in [7, 11) is 0. The summed E-state index contributed by atoms with van der Waals surface area (Å²) >= 11 is 0. The Morgan fingerprint density at radius 2 is 1.96 bits per heavy atom. The molecule has 0 aliphatic rings. The number of nitriles is 1. The number of aromatic nitrogens is 4. The summed E-state index contributed by atoms with van der Waals surface area (Å²) in [5, 5.41) is 12.5. The fourth-order valence-electron chi connectivity index (χ4n) is 2.25. The van der Waals surface area contributed by atoms with Gasteiger partial charge in [-0.05, 0) is 30.7 Å². The molecule has 114 valence electrons. The number of rotatable bonds is 6. The molecule has 23 heavy (non-hydrogen) atoms. The maximum Gasteiger partial charge on any atom is 0.144 e. The van der Waals surface area contributed by atoms with Gasteiger partial charge in [0.15, 0.2) is 0 Å². The lowest BCUT2D eigenvalue weighted by Crippen LogP contribution is -2.08. The van der Waals surface area contributed by atoms with E-state index in [9.17, 15) is 5.26 Å². The van der Waals surface area contributed by atoms with E-state index in [4.69, 9.17) is 0 Å². The van der Waals surface area contributed by atoms with Crippen LogP contribution in [0, 0.1) is 11.3 Å². The van der Waals surface area contributed by atoms with Crippen molar-refractivity contribution in [1.29, 1.82) is 5.26 Å². The van der Waals surface area contributed by atoms with Crippen molar-refractivity contribution >= 4 is 5.82 Å². The van der Waals surface area contributed by atoms with Crippen molar-refractivity contribution < 1.29 is 0 Å². The maximum absolute atomic E-state index is 9.23. The van der Waals surface area contributed by atoms with Gasteiger partial charge in [0.05, 0.1) is 17.6 Å². The largest absolute Gasteiger partial charge is 0.369 e. The molecule has 0 fully saturated rings. The molecule has 0 atom stereocenters. The Balaban J connectivity index is 1.68. The summed E-state index contributed by atoms with van der Waals surface area (Å²) in [4.78, 5) is 12.6. The molecule has 0 saturated heterocycles. The Morgan fingerprint density at radius 3 is 2.70 bits per heavy atom. The minimum absolute atomic E-state index is 0.547. The molecule has 3 heterocycles. The molecular weight excluding hydrogens is 288 g/mol. The minimum atomic E-state index is 0.547. The van der Waals surface area contributed by atoms with Crippen LogP contribution in [-0.4, -0.2) is 26.1 Å². The molecule has 6 nitrogen and oxygen atoms in total. The van der Waals surface area contributed by atoms with E-state index < -0.39 is 0 Å². The standard InChI is InChI=1S/C17H16N6/c18-12-15-2-3-16(14-4-7-19-8-5-14)22-17(15)21-6-1-10-23-11-9-20-13-23/h2-5,7-9,11,13H,1,6,10H2,(H,21,22). The van der Waals surface area contributed by atoms with Gasteiger partial charge in [0.2, 0.25) is 0 Å². The van der Waals surface area contributed by atoms with Gasteiger partial charge in [0, 0.05) is 43.4 Å². The molecular formula is C17H16N6. The summed E-state index contributed by atoms with van der Waals surface area (Å²) < 4.78 is 2.02. The van der Waals surface area contributed by atoms with Gasteiger partial charge in [0.1, 0.15) is 11.9 Å². The molecule has 0 bridgehead atoms. The fraction of sp³-hybridized carbons (Fsp3) is 0.176. The molecule has 3 aromatic heterocycles. The Kier molecular flexibility index (Phi) is 4.60. The Bertz CT molecular complexity index is 790. The lowest BCUT2D eigenvalue weighted by atomic mass is 10.1. The first-order valence-electron chi connectivity index (χ1n) is 7.38. The average Bonchev–Trinajstić information content (AvgIpc) is 3.13. The van der Waals surface area contributed by atoms with E-state index in [0.29, 0.717) is 11.4 Å². The van der Waals surface area contributed by atoms with E-state index in [-0.39, 0.29) is 0 Å². The van der Waals surface area contributed by atoms with E-state index in [2.05, 4.69) is 26.3 Å². The number of pyridine rings is 2. The third-order valence-electron chi connectivity index (χ3n) is 3.44. The first-order valence-corrected chi connectivity index (χ1v) is 7.38. The second-order valence-electron chi connectivity index (χ2n) is 5.02. The van der Waals surface area contributed by atoms with Crippen LogP contribution in [0.1, 0.15) is 12.0 Å². The lowest BCUT2D eigenvalue weighted by molar-refractivity contribution is 0.660. The van der Waals surface area contributed by atoms with E-state index >= 15 is 0 Å². The van der Waals surface area contributed by atoms with Crippen LogP contribution in [-0.2, 0) is 6.54 Å². The first-order chi connectivity index (χ1) is 11.4. The zero-order valence-electron chi connectivity index (χ0n) is 12.6. The molecule has 0 unspecified atom stereocenters. The van der Waals surface area contributed by atoms with Gasteiger partial charge in [-0.2, -0.15) is 5.26 Å². The van der Waals surface area contributed by atoms with Gasteiger partial charge in [0.25, 0.3) is 0 Å². The number of nitrogens with zero attached hydrogens (tertiary/aromatic N) is 5. The van der Waals surface area contributed by atoms with Gasteiger partial charge in [-0.25, -0.2) is 9.97 Å². The molecule has 1 N–H and O–H groups in total. The molecule has 6 heteroatoms. The Labute approximate surface area is 134 Å². The summed E-state index contributed by atoms with van der Waals surface area (Å²) in [6.07, 6.45) is 9.87. The summed E-state index contributed by atoms with van der Waals surface area (Å²) in [5.74, 6) is 0.618. The van der Waals surface area contributed by atoms with Crippen LogP contribution in [0.25, 0.3) is 11.3 Å². The topological polar surface area (TPSA) is 79.4 Å². The molecule has 0 spiro atoms. The van der Waals surface area contributed by atoms with Crippen LogP contribution in [0.4, 0.5) is 5.82 Å². The van der Waals surface area contributed by atoms with Gasteiger partial charge in [-0.15, -0.1) is 0 Å². The predicted molar refractivity (Wildman–Crippen MR) is 87.5 cm³/mol. The van der Waals surface area contributed by atoms with E-state index in [0.717, 1.165) is 30.8 Å². The smallest absolute Gasteiger partial charge is 0.144 e. The molecule has 3 rings (SSSR count). The molecule has 0 radical (unpaired) electrons. The number of hydrogen-bond donors (Lipinski definition) is 1. The lowest BCUT2D eigenvalue weighted by Gasteiger charge is -2.09. The van der Waals surface area contributed by atoms with Crippen LogP contribution in [0.15, 0.2) is 55.4 Å². The molecule has 0 saturated carbocycles. The highest BCUT2D eigenvalue weighted by molar-refractivity contribution is 5.64. The van der Waals surface area contributed by atoms with Gasteiger partial charge in [-0.3, -0.25) is 4.98 Å². The number of anilines is 1.